The molecular formula is C16H23N3O. The molecule has 0 bridgehead atoms. The van der Waals surface area contributed by atoms with E-state index >= 15 is 0 Å². The molecule has 0 spiro atoms. The molecule has 0 aliphatic carbocycles. The van der Waals surface area contributed by atoms with Crippen molar-refractivity contribution in [3.05, 3.63) is 46.3 Å². The van der Waals surface area contributed by atoms with E-state index in [-0.39, 0.29) is 0 Å². The van der Waals surface area contributed by atoms with Gasteiger partial charge in [-0.2, -0.15) is 5.10 Å². The highest BCUT2D eigenvalue weighted by molar-refractivity contribution is 5.36. The zero-order chi connectivity index (χ0) is 14.7. The number of rotatable bonds is 5. The minimum atomic E-state index is 0.793. The summed E-state index contributed by atoms with van der Waals surface area (Å²) in [5, 5.41) is 7.84. The molecule has 0 radical (unpaired) electrons. The maximum absolute atomic E-state index is 5.30. The van der Waals surface area contributed by atoms with E-state index in [0.717, 1.165) is 30.1 Å². The van der Waals surface area contributed by atoms with Crippen molar-refractivity contribution in [3.63, 3.8) is 0 Å². The Labute approximate surface area is 120 Å². The first-order valence-electron chi connectivity index (χ1n) is 6.87. The van der Waals surface area contributed by atoms with Crippen LogP contribution in [0.3, 0.4) is 0 Å². The van der Waals surface area contributed by atoms with E-state index < -0.39 is 0 Å². The van der Waals surface area contributed by atoms with Crippen molar-refractivity contribution in [1.82, 2.24) is 15.1 Å². The Bertz CT molecular complexity index is 602. The zero-order valence-electron chi connectivity index (χ0n) is 12.9. The Kier molecular flexibility index (Phi) is 4.45. The molecule has 0 unspecified atom stereocenters. The lowest BCUT2D eigenvalue weighted by atomic mass is 10.1. The Morgan fingerprint density at radius 2 is 2.00 bits per heavy atom. The van der Waals surface area contributed by atoms with Crippen LogP contribution in [0.4, 0.5) is 0 Å². The van der Waals surface area contributed by atoms with Crippen molar-refractivity contribution in [2.24, 2.45) is 0 Å². The summed E-state index contributed by atoms with van der Waals surface area (Å²) < 4.78 is 7.37. The number of nitrogens with one attached hydrogen (secondary N) is 1. The van der Waals surface area contributed by atoms with Crippen LogP contribution in [-0.2, 0) is 13.1 Å². The van der Waals surface area contributed by atoms with Gasteiger partial charge in [0.05, 0.1) is 19.3 Å². The van der Waals surface area contributed by atoms with Crippen molar-refractivity contribution in [3.8, 4) is 5.75 Å². The molecule has 0 aliphatic rings. The lowest BCUT2D eigenvalue weighted by Crippen LogP contribution is -2.08. The van der Waals surface area contributed by atoms with Gasteiger partial charge < -0.3 is 10.1 Å². The summed E-state index contributed by atoms with van der Waals surface area (Å²) in [7, 11) is 3.66. The van der Waals surface area contributed by atoms with Crippen LogP contribution < -0.4 is 10.1 Å². The second kappa shape index (κ2) is 6.09. The van der Waals surface area contributed by atoms with E-state index in [4.69, 9.17) is 4.74 Å². The topological polar surface area (TPSA) is 39.1 Å². The molecule has 4 heteroatoms. The molecule has 20 heavy (non-hydrogen) atoms. The van der Waals surface area contributed by atoms with Gasteiger partial charge in [-0.15, -0.1) is 0 Å². The number of hydrogen-bond acceptors (Lipinski definition) is 3. The molecule has 2 rings (SSSR count). The van der Waals surface area contributed by atoms with Gasteiger partial charge in [-0.1, -0.05) is 12.1 Å². The van der Waals surface area contributed by atoms with E-state index in [9.17, 15) is 0 Å². The Balaban J connectivity index is 2.26. The molecule has 108 valence electrons. The predicted molar refractivity (Wildman–Crippen MR) is 81.3 cm³/mol. The van der Waals surface area contributed by atoms with Crippen LogP contribution in [0, 0.1) is 20.8 Å². The fraction of sp³-hybridized carbons (Fsp3) is 0.438. The predicted octanol–water partition coefficient (Wildman–Crippen LogP) is 2.58. The van der Waals surface area contributed by atoms with Crippen LogP contribution in [0.5, 0.6) is 5.75 Å². The number of hydrogen-bond donors (Lipinski definition) is 1. The summed E-state index contributed by atoms with van der Waals surface area (Å²) in [4.78, 5) is 0. The first kappa shape index (κ1) is 14.6. The van der Waals surface area contributed by atoms with Crippen molar-refractivity contribution in [2.75, 3.05) is 14.2 Å². The average Bonchev–Trinajstić information content (AvgIpc) is 2.67. The van der Waals surface area contributed by atoms with Gasteiger partial charge in [0.25, 0.3) is 0 Å². The molecule has 0 saturated heterocycles. The lowest BCUT2D eigenvalue weighted by molar-refractivity contribution is 0.411. The van der Waals surface area contributed by atoms with Gasteiger partial charge in [-0.05, 0) is 45.0 Å². The van der Waals surface area contributed by atoms with Crippen LogP contribution in [0.1, 0.15) is 28.1 Å². The van der Waals surface area contributed by atoms with Gasteiger partial charge in [-0.3, -0.25) is 4.68 Å². The molecular weight excluding hydrogens is 250 g/mol. The molecule has 0 amide bonds. The molecule has 0 atom stereocenters. The van der Waals surface area contributed by atoms with Crippen LogP contribution in [0.15, 0.2) is 18.2 Å². The summed E-state index contributed by atoms with van der Waals surface area (Å²) in [5.74, 6) is 0.929. The summed E-state index contributed by atoms with van der Waals surface area (Å²) in [6.45, 7) is 7.91. The quantitative estimate of drug-likeness (QED) is 0.910. The summed E-state index contributed by atoms with van der Waals surface area (Å²) in [6, 6.07) is 6.28. The maximum Gasteiger partial charge on any atom is 0.121 e. The molecule has 2 aromatic rings. The average molecular weight is 273 g/mol. The van der Waals surface area contributed by atoms with Gasteiger partial charge in [0, 0.05) is 17.8 Å². The molecule has 1 aromatic carbocycles. The molecule has 0 aliphatic heterocycles. The standard InChI is InChI=1S/C16H23N3O/c1-11-8-14(6-7-16(11)20-5)10-19-13(3)15(9-17-4)12(2)18-19/h6-8,17H,9-10H2,1-5H3. The second-order valence-electron chi connectivity index (χ2n) is 5.14. The molecule has 1 heterocycles. The van der Waals surface area contributed by atoms with Crippen molar-refractivity contribution in [1.29, 1.82) is 0 Å². The fourth-order valence-electron chi connectivity index (χ4n) is 2.53. The highest BCUT2D eigenvalue weighted by Crippen LogP contribution is 2.20. The van der Waals surface area contributed by atoms with Gasteiger partial charge in [0.15, 0.2) is 0 Å². The highest BCUT2D eigenvalue weighted by atomic mass is 16.5. The SMILES string of the molecule is CNCc1c(C)nn(Cc2ccc(OC)c(C)c2)c1C. The fourth-order valence-corrected chi connectivity index (χ4v) is 2.53. The molecule has 0 saturated carbocycles. The van der Waals surface area contributed by atoms with Gasteiger partial charge in [0.1, 0.15) is 5.75 Å². The maximum atomic E-state index is 5.30. The molecule has 0 fully saturated rings. The van der Waals surface area contributed by atoms with Crippen molar-refractivity contribution < 1.29 is 4.74 Å². The number of aromatic nitrogens is 2. The smallest absolute Gasteiger partial charge is 0.121 e. The zero-order valence-corrected chi connectivity index (χ0v) is 12.9. The van der Waals surface area contributed by atoms with Crippen molar-refractivity contribution in [2.45, 2.75) is 33.9 Å². The summed E-state index contributed by atoms with van der Waals surface area (Å²) in [6.07, 6.45) is 0. The summed E-state index contributed by atoms with van der Waals surface area (Å²) in [5.41, 5.74) is 6.01. The second-order valence-corrected chi connectivity index (χ2v) is 5.14. The van der Waals surface area contributed by atoms with Gasteiger partial charge in [-0.25, -0.2) is 0 Å². The lowest BCUT2D eigenvalue weighted by Gasteiger charge is -2.09. The first-order chi connectivity index (χ1) is 9.56. The van der Waals surface area contributed by atoms with Gasteiger partial charge >= 0.3 is 0 Å². The molecule has 1 aromatic heterocycles. The van der Waals surface area contributed by atoms with Crippen LogP contribution in [-0.4, -0.2) is 23.9 Å². The Hall–Kier alpha value is -1.81. The van der Waals surface area contributed by atoms with E-state index in [1.807, 2.05) is 13.1 Å². The van der Waals surface area contributed by atoms with Crippen LogP contribution in [0.25, 0.3) is 0 Å². The van der Waals surface area contributed by atoms with Crippen LogP contribution >= 0.6 is 0 Å². The number of ether oxygens (including phenoxy) is 1. The number of aryl methyl sites for hydroxylation is 2. The third-order valence-electron chi connectivity index (χ3n) is 3.68. The largest absolute Gasteiger partial charge is 0.496 e. The minimum absolute atomic E-state index is 0.793. The Morgan fingerprint density at radius 1 is 1.25 bits per heavy atom. The minimum Gasteiger partial charge on any atom is -0.496 e. The highest BCUT2D eigenvalue weighted by Gasteiger charge is 2.11. The van der Waals surface area contributed by atoms with E-state index in [2.05, 4.69) is 48.0 Å². The van der Waals surface area contributed by atoms with E-state index in [0.29, 0.717) is 0 Å². The van der Waals surface area contributed by atoms with Gasteiger partial charge in [0.2, 0.25) is 0 Å². The molecule has 4 nitrogen and oxygen atoms in total. The van der Waals surface area contributed by atoms with Crippen LogP contribution in [0.2, 0.25) is 0 Å². The molecule has 1 N–H and O–H groups in total. The Morgan fingerprint density at radius 3 is 2.60 bits per heavy atom. The number of methoxy groups -OCH3 is 1. The third-order valence-corrected chi connectivity index (χ3v) is 3.68. The number of nitrogens with zero attached hydrogens (tertiary/aromatic N) is 2. The third kappa shape index (κ3) is 2.85. The number of benzene rings is 1. The monoisotopic (exact) mass is 273 g/mol. The van der Waals surface area contributed by atoms with E-state index in [1.165, 1.54) is 16.8 Å². The normalized spacial score (nSPS) is 10.8. The summed E-state index contributed by atoms with van der Waals surface area (Å²) >= 11 is 0. The van der Waals surface area contributed by atoms with Crippen molar-refractivity contribution >= 4 is 0 Å². The van der Waals surface area contributed by atoms with E-state index in [1.54, 1.807) is 7.11 Å². The first-order valence-corrected chi connectivity index (χ1v) is 6.87.